The molecule has 1 aromatic rings. The maximum Gasteiger partial charge on any atom is 0.328 e. The number of methoxy groups -OCH3 is 1. The van der Waals surface area contributed by atoms with Gasteiger partial charge in [-0.25, -0.2) is 9.18 Å². The minimum absolute atomic E-state index is 0.00438. The number of rotatable bonds is 5. The second kappa shape index (κ2) is 7.24. The van der Waals surface area contributed by atoms with Crippen molar-refractivity contribution in [1.29, 1.82) is 0 Å². The summed E-state index contributed by atoms with van der Waals surface area (Å²) in [4.78, 5) is 23.8. The molecule has 0 aromatic heterocycles. The molecule has 0 fully saturated rings. The first kappa shape index (κ1) is 16.4. The summed E-state index contributed by atoms with van der Waals surface area (Å²) in [6.07, 6.45) is 0.692. The molecule has 0 heterocycles. The summed E-state index contributed by atoms with van der Waals surface area (Å²) in [6.45, 7) is 3.73. The molecule has 0 aliphatic carbocycles. The topological polar surface area (TPSA) is 55.4 Å². The van der Waals surface area contributed by atoms with Crippen molar-refractivity contribution in [1.82, 2.24) is 5.32 Å². The van der Waals surface area contributed by atoms with Crippen LogP contribution in [-0.4, -0.2) is 25.0 Å². The fourth-order valence-electron chi connectivity index (χ4n) is 1.69. The summed E-state index contributed by atoms with van der Waals surface area (Å²) in [5.74, 6) is -1.68. The van der Waals surface area contributed by atoms with Crippen LogP contribution in [0.2, 0.25) is 5.02 Å². The van der Waals surface area contributed by atoms with Crippen LogP contribution >= 0.6 is 11.6 Å². The zero-order chi connectivity index (χ0) is 15.3. The minimum Gasteiger partial charge on any atom is -0.467 e. The van der Waals surface area contributed by atoms with E-state index in [1.54, 1.807) is 0 Å². The van der Waals surface area contributed by atoms with Crippen LogP contribution in [0.15, 0.2) is 18.2 Å². The van der Waals surface area contributed by atoms with Crippen LogP contribution in [0, 0.1) is 11.7 Å². The molecule has 2 unspecified atom stereocenters. The van der Waals surface area contributed by atoms with E-state index in [9.17, 15) is 14.0 Å². The minimum atomic E-state index is -0.765. The highest BCUT2D eigenvalue weighted by molar-refractivity contribution is 6.33. The third-order valence-corrected chi connectivity index (χ3v) is 3.44. The lowest BCUT2D eigenvalue weighted by Gasteiger charge is -2.22. The first-order valence-corrected chi connectivity index (χ1v) is 6.62. The standard InChI is InChI=1S/C14H17ClFNO3/c1-4-8(2)12(14(19)20-3)17-13(18)10-6-5-9(16)7-11(10)15/h5-8,12H,4H2,1-3H3,(H,17,18). The van der Waals surface area contributed by atoms with Crippen molar-refractivity contribution in [3.8, 4) is 0 Å². The Hall–Kier alpha value is -1.62. The van der Waals surface area contributed by atoms with Crippen LogP contribution < -0.4 is 5.32 Å². The monoisotopic (exact) mass is 301 g/mol. The van der Waals surface area contributed by atoms with Crippen molar-refractivity contribution in [2.45, 2.75) is 26.3 Å². The third-order valence-electron chi connectivity index (χ3n) is 3.13. The van der Waals surface area contributed by atoms with Crippen LogP contribution in [-0.2, 0) is 9.53 Å². The maximum atomic E-state index is 12.9. The smallest absolute Gasteiger partial charge is 0.328 e. The van der Waals surface area contributed by atoms with E-state index in [1.807, 2.05) is 13.8 Å². The van der Waals surface area contributed by atoms with Gasteiger partial charge in [0.05, 0.1) is 17.7 Å². The summed E-state index contributed by atoms with van der Waals surface area (Å²) in [5.41, 5.74) is 0.116. The van der Waals surface area contributed by atoms with Gasteiger partial charge in [0.15, 0.2) is 0 Å². The molecule has 4 nitrogen and oxygen atoms in total. The first-order valence-electron chi connectivity index (χ1n) is 6.24. The lowest BCUT2D eigenvalue weighted by atomic mass is 9.99. The van der Waals surface area contributed by atoms with E-state index >= 15 is 0 Å². The van der Waals surface area contributed by atoms with Crippen molar-refractivity contribution in [2.24, 2.45) is 5.92 Å². The van der Waals surface area contributed by atoms with E-state index in [2.05, 4.69) is 10.1 Å². The lowest BCUT2D eigenvalue weighted by molar-refractivity contribution is -0.144. The van der Waals surface area contributed by atoms with Gasteiger partial charge in [-0.3, -0.25) is 4.79 Å². The van der Waals surface area contributed by atoms with E-state index in [4.69, 9.17) is 11.6 Å². The van der Waals surface area contributed by atoms with Crippen LogP contribution in [0.3, 0.4) is 0 Å². The molecule has 0 radical (unpaired) electrons. The molecular formula is C14H17ClFNO3. The fraction of sp³-hybridized carbons (Fsp3) is 0.429. The maximum absolute atomic E-state index is 12.9. The van der Waals surface area contributed by atoms with Crippen LogP contribution in [0.1, 0.15) is 30.6 Å². The Balaban J connectivity index is 2.93. The average molecular weight is 302 g/mol. The average Bonchev–Trinajstić information content (AvgIpc) is 2.42. The molecular weight excluding hydrogens is 285 g/mol. The van der Waals surface area contributed by atoms with Crippen molar-refractivity contribution >= 4 is 23.5 Å². The van der Waals surface area contributed by atoms with Gasteiger partial charge in [-0.1, -0.05) is 31.9 Å². The fourth-order valence-corrected chi connectivity index (χ4v) is 1.94. The van der Waals surface area contributed by atoms with Gasteiger partial charge in [-0.05, 0) is 24.1 Å². The van der Waals surface area contributed by atoms with Crippen molar-refractivity contribution in [3.63, 3.8) is 0 Å². The Morgan fingerprint density at radius 1 is 1.45 bits per heavy atom. The number of benzene rings is 1. The summed E-state index contributed by atoms with van der Waals surface area (Å²) < 4.78 is 17.6. The summed E-state index contributed by atoms with van der Waals surface area (Å²) in [5, 5.41) is 2.57. The number of amides is 1. The SMILES string of the molecule is CCC(C)C(NC(=O)c1ccc(F)cc1Cl)C(=O)OC. The zero-order valence-electron chi connectivity index (χ0n) is 11.6. The Labute approximate surface area is 122 Å². The van der Waals surface area contributed by atoms with Gasteiger partial charge in [0.25, 0.3) is 5.91 Å². The molecule has 0 bridgehead atoms. The molecule has 0 aliphatic heterocycles. The number of ether oxygens (including phenoxy) is 1. The van der Waals surface area contributed by atoms with Gasteiger partial charge < -0.3 is 10.1 Å². The number of hydrogen-bond donors (Lipinski definition) is 1. The Morgan fingerprint density at radius 3 is 2.60 bits per heavy atom. The molecule has 1 amide bonds. The molecule has 1 rings (SSSR count). The number of halogens is 2. The second-order valence-electron chi connectivity index (χ2n) is 4.48. The van der Waals surface area contributed by atoms with E-state index in [0.29, 0.717) is 6.42 Å². The van der Waals surface area contributed by atoms with Gasteiger partial charge in [-0.2, -0.15) is 0 Å². The Kier molecular flexibility index (Phi) is 5.95. The molecule has 110 valence electrons. The highest BCUT2D eigenvalue weighted by Crippen LogP contribution is 2.18. The van der Waals surface area contributed by atoms with Crippen LogP contribution in [0.4, 0.5) is 4.39 Å². The van der Waals surface area contributed by atoms with Crippen LogP contribution in [0.25, 0.3) is 0 Å². The van der Waals surface area contributed by atoms with E-state index in [-0.39, 0.29) is 16.5 Å². The normalized spacial score (nSPS) is 13.4. The second-order valence-corrected chi connectivity index (χ2v) is 4.89. The zero-order valence-corrected chi connectivity index (χ0v) is 12.3. The van der Waals surface area contributed by atoms with E-state index in [0.717, 1.165) is 12.1 Å². The predicted octanol–water partition coefficient (Wildman–Crippen LogP) is 2.80. The largest absolute Gasteiger partial charge is 0.467 e. The van der Waals surface area contributed by atoms with Gasteiger partial charge in [0.2, 0.25) is 0 Å². The molecule has 0 spiro atoms. The lowest BCUT2D eigenvalue weighted by Crippen LogP contribution is -2.45. The Morgan fingerprint density at radius 2 is 2.10 bits per heavy atom. The molecule has 2 atom stereocenters. The first-order chi connectivity index (χ1) is 9.40. The van der Waals surface area contributed by atoms with Crippen molar-refractivity contribution in [3.05, 3.63) is 34.6 Å². The molecule has 0 aliphatic rings. The predicted molar refractivity (Wildman–Crippen MR) is 74.1 cm³/mol. The summed E-state index contributed by atoms with van der Waals surface area (Å²) in [6, 6.07) is 2.70. The van der Waals surface area contributed by atoms with Crippen molar-refractivity contribution < 1.29 is 18.7 Å². The molecule has 1 N–H and O–H groups in total. The highest BCUT2D eigenvalue weighted by atomic mass is 35.5. The summed E-state index contributed by atoms with van der Waals surface area (Å²) in [7, 11) is 1.26. The number of hydrogen-bond acceptors (Lipinski definition) is 3. The number of nitrogens with one attached hydrogen (secondary N) is 1. The van der Waals surface area contributed by atoms with E-state index < -0.39 is 23.7 Å². The van der Waals surface area contributed by atoms with E-state index in [1.165, 1.54) is 13.2 Å². The van der Waals surface area contributed by atoms with Gasteiger partial charge in [0, 0.05) is 0 Å². The summed E-state index contributed by atoms with van der Waals surface area (Å²) >= 11 is 5.82. The number of carbonyl (C=O) groups excluding carboxylic acids is 2. The van der Waals surface area contributed by atoms with Gasteiger partial charge >= 0.3 is 5.97 Å². The third kappa shape index (κ3) is 3.93. The van der Waals surface area contributed by atoms with Crippen LogP contribution in [0.5, 0.6) is 0 Å². The molecule has 6 heteroatoms. The van der Waals surface area contributed by atoms with Gasteiger partial charge in [0.1, 0.15) is 11.9 Å². The quantitative estimate of drug-likeness (QED) is 0.851. The number of esters is 1. The molecule has 0 saturated heterocycles. The Bertz CT molecular complexity index is 507. The highest BCUT2D eigenvalue weighted by Gasteiger charge is 2.27. The van der Waals surface area contributed by atoms with Gasteiger partial charge in [-0.15, -0.1) is 0 Å². The molecule has 1 aromatic carbocycles. The van der Waals surface area contributed by atoms with Crippen molar-refractivity contribution in [2.75, 3.05) is 7.11 Å². The molecule has 0 saturated carbocycles. The molecule has 20 heavy (non-hydrogen) atoms. The number of carbonyl (C=O) groups is 2.